The summed E-state index contributed by atoms with van der Waals surface area (Å²) >= 11 is 5.88. The fourth-order valence-electron chi connectivity index (χ4n) is 3.03. The van der Waals surface area contributed by atoms with Gasteiger partial charge in [-0.2, -0.15) is 0 Å². The van der Waals surface area contributed by atoms with Gasteiger partial charge in [0.05, 0.1) is 17.1 Å². The van der Waals surface area contributed by atoms with E-state index in [9.17, 15) is 13.2 Å². The molecule has 0 aromatic heterocycles. The Kier molecular flexibility index (Phi) is 5.62. The van der Waals surface area contributed by atoms with Crippen molar-refractivity contribution in [1.29, 1.82) is 0 Å². The number of likely N-dealkylation sites (N-methyl/N-ethyl adjacent to an activating group) is 1. The number of nitrogens with zero attached hydrogens (tertiary/aromatic N) is 2. The fraction of sp³-hybridized carbons (Fsp3) is 0.316. The molecule has 0 saturated heterocycles. The van der Waals surface area contributed by atoms with Gasteiger partial charge in [0.1, 0.15) is 5.75 Å². The molecule has 144 valence electrons. The zero-order chi connectivity index (χ0) is 19.6. The third-order valence-corrected chi connectivity index (χ3v) is 6.53. The Morgan fingerprint density at radius 2 is 1.78 bits per heavy atom. The normalized spacial score (nSPS) is 16.4. The standard InChI is InChI=1S/C19H21ClN2O4S/c1-3-21(4-2)19(23)18-13-22(16-7-5-6-8-17(16)26-18)27(24,25)15-11-9-14(20)10-12-15/h5-12,18H,3-4,13H2,1-2H3. The lowest BCUT2D eigenvalue weighted by Crippen LogP contribution is -2.51. The van der Waals surface area contributed by atoms with Gasteiger partial charge in [0, 0.05) is 18.1 Å². The van der Waals surface area contributed by atoms with E-state index in [0.717, 1.165) is 0 Å². The van der Waals surface area contributed by atoms with Gasteiger partial charge in [-0.3, -0.25) is 9.10 Å². The molecule has 1 atom stereocenters. The lowest BCUT2D eigenvalue weighted by molar-refractivity contribution is -0.138. The quantitative estimate of drug-likeness (QED) is 0.762. The number of sulfonamides is 1. The second-order valence-corrected chi connectivity index (χ2v) is 8.37. The van der Waals surface area contributed by atoms with Crippen LogP contribution in [0, 0.1) is 0 Å². The van der Waals surface area contributed by atoms with Crippen LogP contribution in [0.1, 0.15) is 13.8 Å². The molecule has 0 saturated carbocycles. The number of para-hydroxylation sites is 2. The van der Waals surface area contributed by atoms with Gasteiger partial charge in [0.2, 0.25) is 0 Å². The molecule has 0 bridgehead atoms. The number of carbonyl (C=O) groups is 1. The zero-order valence-electron chi connectivity index (χ0n) is 15.1. The van der Waals surface area contributed by atoms with Crippen molar-refractivity contribution in [3.05, 3.63) is 53.6 Å². The average molecular weight is 409 g/mol. The van der Waals surface area contributed by atoms with E-state index in [1.165, 1.54) is 28.6 Å². The molecule has 1 unspecified atom stereocenters. The largest absolute Gasteiger partial charge is 0.476 e. The minimum Gasteiger partial charge on any atom is -0.476 e. The van der Waals surface area contributed by atoms with E-state index in [1.807, 2.05) is 13.8 Å². The Hall–Kier alpha value is -2.25. The summed E-state index contributed by atoms with van der Waals surface area (Å²) in [6.45, 7) is 4.72. The van der Waals surface area contributed by atoms with E-state index in [4.69, 9.17) is 16.3 Å². The number of amides is 1. The van der Waals surface area contributed by atoms with Crippen LogP contribution in [-0.2, 0) is 14.8 Å². The van der Waals surface area contributed by atoms with Gasteiger partial charge in [-0.25, -0.2) is 8.42 Å². The van der Waals surface area contributed by atoms with Crippen molar-refractivity contribution in [3.8, 4) is 5.75 Å². The van der Waals surface area contributed by atoms with E-state index < -0.39 is 16.1 Å². The Labute approximate surface area is 164 Å². The summed E-state index contributed by atoms with van der Waals surface area (Å²) in [7, 11) is -3.87. The summed E-state index contributed by atoms with van der Waals surface area (Å²) in [4.78, 5) is 14.5. The van der Waals surface area contributed by atoms with E-state index in [1.54, 1.807) is 29.2 Å². The summed E-state index contributed by atoms with van der Waals surface area (Å²) in [5, 5.41) is 0.450. The number of rotatable bonds is 5. The molecule has 3 rings (SSSR count). The number of halogens is 1. The van der Waals surface area contributed by atoms with Crippen molar-refractivity contribution < 1.29 is 17.9 Å². The van der Waals surface area contributed by atoms with Crippen LogP contribution >= 0.6 is 11.6 Å². The summed E-state index contributed by atoms with van der Waals surface area (Å²) in [5.74, 6) is 0.137. The van der Waals surface area contributed by atoms with Crippen LogP contribution in [0.15, 0.2) is 53.4 Å². The molecule has 27 heavy (non-hydrogen) atoms. The number of fused-ring (bicyclic) bond motifs is 1. The first-order valence-electron chi connectivity index (χ1n) is 8.71. The number of anilines is 1. The first-order valence-corrected chi connectivity index (χ1v) is 10.5. The SMILES string of the molecule is CCN(CC)C(=O)C1CN(S(=O)(=O)c2ccc(Cl)cc2)c2ccccc2O1. The van der Waals surface area contributed by atoms with Crippen LogP contribution in [0.2, 0.25) is 5.02 Å². The van der Waals surface area contributed by atoms with Crippen LogP contribution in [0.4, 0.5) is 5.69 Å². The highest BCUT2D eigenvalue weighted by Gasteiger charge is 2.38. The van der Waals surface area contributed by atoms with Crippen molar-refractivity contribution in [3.63, 3.8) is 0 Å². The molecule has 1 aliphatic heterocycles. The predicted molar refractivity (Wildman–Crippen MR) is 105 cm³/mol. The Bertz CT molecular complexity index is 927. The molecule has 1 amide bonds. The van der Waals surface area contributed by atoms with Crippen molar-refractivity contribution in [2.45, 2.75) is 24.8 Å². The molecule has 1 aliphatic rings. The molecule has 8 heteroatoms. The monoisotopic (exact) mass is 408 g/mol. The van der Waals surface area contributed by atoms with E-state index in [2.05, 4.69) is 0 Å². The molecule has 0 radical (unpaired) electrons. The van der Waals surface area contributed by atoms with Crippen molar-refractivity contribution >= 4 is 33.2 Å². The number of carbonyl (C=O) groups excluding carboxylic acids is 1. The Morgan fingerprint density at radius 3 is 2.41 bits per heavy atom. The second-order valence-electron chi connectivity index (χ2n) is 6.07. The van der Waals surface area contributed by atoms with Crippen LogP contribution in [-0.4, -0.2) is 45.0 Å². The predicted octanol–water partition coefficient (Wildman–Crippen LogP) is 3.16. The molecule has 0 fully saturated rings. The third-order valence-electron chi connectivity index (χ3n) is 4.49. The number of hydrogen-bond donors (Lipinski definition) is 0. The Balaban J connectivity index is 2.03. The summed E-state index contributed by atoms with van der Waals surface area (Å²) in [5.41, 5.74) is 0.413. The molecule has 2 aromatic rings. The molecule has 2 aromatic carbocycles. The van der Waals surface area contributed by atoms with Gasteiger partial charge in [0.25, 0.3) is 15.9 Å². The van der Waals surface area contributed by atoms with Gasteiger partial charge in [-0.05, 0) is 50.2 Å². The number of benzene rings is 2. The minimum absolute atomic E-state index is 0.0860. The molecule has 1 heterocycles. The lowest BCUT2D eigenvalue weighted by atomic mass is 10.2. The van der Waals surface area contributed by atoms with Gasteiger partial charge >= 0.3 is 0 Å². The van der Waals surface area contributed by atoms with Gasteiger partial charge in [-0.1, -0.05) is 23.7 Å². The zero-order valence-corrected chi connectivity index (χ0v) is 16.7. The van der Waals surface area contributed by atoms with E-state index >= 15 is 0 Å². The van der Waals surface area contributed by atoms with Crippen molar-refractivity contribution in [1.82, 2.24) is 4.90 Å². The van der Waals surface area contributed by atoms with Crippen molar-refractivity contribution in [2.24, 2.45) is 0 Å². The van der Waals surface area contributed by atoms with Gasteiger partial charge < -0.3 is 9.64 Å². The molecular formula is C19H21ClN2O4S. The molecule has 0 spiro atoms. The highest BCUT2D eigenvalue weighted by Crippen LogP contribution is 2.37. The topological polar surface area (TPSA) is 66.9 Å². The first-order chi connectivity index (χ1) is 12.9. The number of hydrogen-bond acceptors (Lipinski definition) is 4. The lowest BCUT2D eigenvalue weighted by Gasteiger charge is -2.36. The van der Waals surface area contributed by atoms with Crippen LogP contribution in [0.25, 0.3) is 0 Å². The molecular weight excluding hydrogens is 388 g/mol. The second kappa shape index (κ2) is 7.78. The van der Waals surface area contributed by atoms with Crippen LogP contribution < -0.4 is 9.04 Å². The molecule has 0 aliphatic carbocycles. The van der Waals surface area contributed by atoms with E-state index in [0.29, 0.717) is 29.5 Å². The van der Waals surface area contributed by atoms with Gasteiger partial charge in [-0.15, -0.1) is 0 Å². The maximum absolute atomic E-state index is 13.2. The first kappa shape index (κ1) is 19.5. The minimum atomic E-state index is -3.87. The summed E-state index contributed by atoms with van der Waals surface area (Å²) in [6.07, 6.45) is -0.901. The maximum Gasteiger partial charge on any atom is 0.265 e. The number of ether oxygens (including phenoxy) is 1. The highest BCUT2D eigenvalue weighted by molar-refractivity contribution is 7.92. The summed E-state index contributed by atoms with van der Waals surface area (Å²) in [6, 6.07) is 12.8. The third kappa shape index (κ3) is 3.75. The molecule has 0 N–H and O–H groups in total. The van der Waals surface area contributed by atoms with E-state index in [-0.39, 0.29) is 17.3 Å². The van der Waals surface area contributed by atoms with Crippen LogP contribution in [0.3, 0.4) is 0 Å². The highest BCUT2D eigenvalue weighted by atomic mass is 35.5. The maximum atomic E-state index is 13.2. The van der Waals surface area contributed by atoms with Crippen molar-refractivity contribution in [2.75, 3.05) is 23.9 Å². The Morgan fingerprint density at radius 1 is 1.15 bits per heavy atom. The summed E-state index contributed by atoms with van der Waals surface area (Å²) < 4.78 is 33.6. The van der Waals surface area contributed by atoms with Gasteiger partial charge in [0.15, 0.2) is 6.10 Å². The van der Waals surface area contributed by atoms with Crippen LogP contribution in [0.5, 0.6) is 5.75 Å². The molecule has 6 nitrogen and oxygen atoms in total. The smallest absolute Gasteiger partial charge is 0.265 e. The average Bonchev–Trinajstić information content (AvgIpc) is 2.68. The fourth-order valence-corrected chi connectivity index (χ4v) is 4.63.